The summed E-state index contributed by atoms with van der Waals surface area (Å²) in [5.74, 6) is -0.411. The molecule has 2 heterocycles. The van der Waals surface area contributed by atoms with Crippen molar-refractivity contribution in [2.75, 3.05) is 6.54 Å². The Kier molecular flexibility index (Phi) is 5.37. The van der Waals surface area contributed by atoms with Gasteiger partial charge in [0.05, 0.1) is 12.1 Å². The summed E-state index contributed by atoms with van der Waals surface area (Å²) in [5, 5.41) is 0. The number of carbonyl (C=O) groups is 2. The Morgan fingerprint density at radius 2 is 1.52 bits per heavy atom. The molecule has 4 nitrogen and oxygen atoms in total. The second-order valence-corrected chi connectivity index (χ2v) is 9.14. The molecular formula is C29H28N2O2. The number of fused-ring (bicyclic) bond motifs is 1. The molecule has 4 heteroatoms. The topological polar surface area (TPSA) is 40.6 Å². The lowest BCUT2D eigenvalue weighted by molar-refractivity contribution is -0.138. The molecule has 0 fully saturated rings. The van der Waals surface area contributed by atoms with E-state index in [1.165, 1.54) is 21.6 Å². The first kappa shape index (κ1) is 21.2. The Morgan fingerprint density at radius 3 is 2.24 bits per heavy atom. The molecule has 5 rings (SSSR count). The highest BCUT2D eigenvalue weighted by atomic mass is 16.2. The minimum Gasteiger partial charge on any atom is -0.362 e. The molecule has 0 aliphatic carbocycles. The minimum absolute atomic E-state index is 0.201. The van der Waals surface area contributed by atoms with Gasteiger partial charge in [-0.1, -0.05) is 72.3 Å². The maximum absolute atomic E-state index is 13.7. The van der Waals surface area contributed by atoms with Crippen LogP contribution in [0.4, 0.5) is 0 Å². The van der Waals surface area contributed by atoms with Crippen LogP contribution in [0.5, 0.6) is 0 Å². The summed E-state index contributed by atoms with van der Waals surface area (Å²) in [6.45, 7) is 7.76. The summed E-state index contributed by atoms with van der Waals surface area (Å²) in [5.41, 5.74) is 8.78. The molecule has 2 aliphatic heterocycles. The van der Waals surface area contributed by atoms with Crippen molar-refractivity contribution < 1.29 is 9.59 Å². The highest BCUT2D eigenvalue weighted by Gasteiger charge is 2.42. The Hall–Kier alpha value is -3.66. The molecule has 166 valence electrons. The molecule has 3 aromatic carbocycles. The lowest BCUT2D eigenvalue weighted by Gasteiger charge is -2.31. The Morgan fingerprint density at radius 1 is 0.788 bits per heavy atom. The maximum Gasteiger partial charge on any atom is 0.278 e. The third-order valence-corrected chi connectivity index (χ3v) is 6.85. The Bertz CT molecular complexity index is 1290. The molecule has 33 heavy (non-hydrogen) atoms. The summed E-state index contributed by atoms with van der Waals surface area (Å²) in [6, 6.07) is 22.4. The minimum atomic E-state index is -0.210. The van der Waals surface area contributed by atoms with Crippen molar-refractivity contribution in [1.82, 2.24) is 9.80 Å². The molecule has 0 saturated heterocycles. The van der Waals surface area contributed by atoms with Gasteiger partial charge in [-0.05, 0) is 60.6 Å². The third kappa shape index (κ3) is 3.86. The summed E-state index contributed by atoms with van der Waals surface area (Å²) in [4.78, 5) is 30.9. The number of carbonyl (C=O) groups excluding carboxylic acids is 2. The monoisotopic (exact) mass is 436 g/mol. The Labute approximate surface area is 195 Å². The molecule has 2 amide bonds. The quantitative estimate of drug-likeness (QED) is 0.544. The fourth-order valence-corrected chi connectivity index (χ4v) is 4.72. The van der Waals surface area contributed by atoms with Crippen molar-refractivity contribution in [2.24, 2.45) is 0 Å². The van der Waals surface area contributed by atoms with Crippen LogP contribution in [0.15, 0.2) is 72.4 Å². The molecule has 0 atom stereocenters. The van der Waals surface area contributed by atoms with Gasteiger partial charge < -0.3 is 4.90 Å². The first-order valence-electron chi connectivity index (χ1n) is 11.5. The van der Waals surface area contributed by atoms with E-state index in [4.69, 9.17) is 0 Å². The van der Waals surface area contributed by atoms with Gasteiger partial charge in [-0.3, -0.25) is 14.5 Å². The van der Waals surface area contributed by atoms with Crippen molar-refractivity contribution in [1.29, 1.82) is 0 Å². The lowest BCUT2D eigenvalue weighted by atomic mass is 9.96. The van der Waals surface area contributed by atoms with Crippen LogP contribution in [0.2, 0.25) is 0 Å². The van der Waals surface area contributed by atoms with E-state index in [1.54, 1.807) is 0 Å². The summed E-state index contributed by atoms with van der Waals surface area (Å²) >= 11 is 0. The standard InChI is InChI=1S/C29H28N2O2/c1-19-8-11-22(12-9-19)17-31-28(32)26(24-13-10-20(2)21(3)16-24)27(29(31)33)30-15-14-23-6-4-5-7-25(23)18-30/h4-13,16H,14-15,17-18H2,1-3H3. The van der Waals surface area contributed by atoms with Gasteiger partial charge in [-0.15, -0.1) is 0 Å². The van der Waals surface area contributed by atoms with Crippen molar-refractivity contribution in [2.45, 2.75) is 40.3 Å². The molecule has 0 spiro atoms. The molecule has 0 aromatic heterocycles. The summed E-state index contributed by atoms with van der Waals surface area (Å²) in [6.07, 6.45) is 0.860. The van der Waals surface area contributed by atoms with Gasteiger partial charge >= 0.3 is 0 Å². The van der Waals surface area contributed by atoms with Crippen molar-refractivity contribution in [3.8, 4) is 0 Å². The molecule has 0 saturated carbocycles. The van der Waals surface area contributed by atoms with Gasteiger partial charge in [-0.2, -0.15) is 0 Å². The molecule has 0 unspecified atom stereocenters. The zero-order chi connectivity index (χ0) is 23.1. The molecular weight excluding hydrogens is 408 g/mol. The second kappa shape index (κ2) is 8.36. The lowest BCUT2D eigenvalue weighted by Crippen LogP contribution is -2.37. The van der Waals surface area contributed by atoms with Gasteiger partial charge in [0.2, 0.25) is 0 Å². The van der Waals surface area contributed by atoms with Crippen LogP contribution in [-0.4, -0.2) is 28.2 Å². The molecule has 0 bridgehead atoms. The number of benzene rings is 3. The average molecular weight is 437 g/mol. The molecule has 3 aromatic rings. The van der Waals surface area contributed by atoms with Crippen LogP contribution >= 0.6 is 0 Å². The highest BCUT2D eigenvalue weighted by Crippen LogP contribution is 2.35. The fraction of sp³-hybridized carbons (Fsp3) is 0.241. The zero-order valence-corrected chi connectivity index (χ0v) is 19.4. The van der Waals surface area contributed by atoms with Crippen LogP contribution in [-0.2, 0) is 29.1 Å². The first-order chi connectivity index (χ1) is 15.9. The van der Waals surface area contributed by atoms with Crippen LogP contribution in [0.3, 0.4) is 0 Å². The predicted molar refractivity (Wildman–Crippen MR) is 130 cm³/mol. The largest absolute Gasteiger partial charge is 0.362 e. The Balaban J connectivity index is 1.57. The number of aryl methyl sites for hydroxylation is 3. The number of imide groups is 1. The van der Waals surface area contributed by atoms with E-state index in [0.29, 0.717) is 17.8 Å². The van der Waals surface area contributed by atoms with Crippen LogP contribution in [0, 0.1) is 20.8 Å². The fourth-order valence-electron chi connectivity index (χ4n) is 4.72. The van der Waals surface area contributed by atoms with Gasteiger partial charge in [0.1, 0.15) is 5.70 Å². The van der Waals surface area contributed by atoms with Crippen LogP contribution < -0.4 is 0 Å². The van der Waals surface area contributed by atoms with Gasteiger partial charge in [0.25, 0.3) is 11.8 Å². The van der Waals surface area contributed by atoms with Crippen molar-refractivity contribution >= 4 is 17.4 Å². The maximum atomic E-state index is 13.7. The van der Waals surface area contributed by atoms with Gasteiger partial charge in [-0.25, -0.2) is 0 Å². The van der Waals surface area contributed by atoms with Crippen LogP contribution in [0.25, 0.3) is 5.57 Å². The summed E-state index contributed by atoms with van der Waals surface area (Å²) in [7, 11) is 0. The van der Waals surface area contributed by atoms with Crippen molar-refractivity contribution in [3.05, 3.63) is 111 Å². The molecule has 0 radical (unpaired) electrons. The number of hydrogen-bond donors (Lipinski definition) is 0. The van der Waals surface area contributed by atoms with E-state index in [1.807, 2.05) is 62.4 Å². The van der Waals surface area contributed by atoms with E-state index in [0.717, 1.165) is 35.2 Å². The second-order valence-electron chi connectivity index (χ2n) is 9.14. The van der Waals surface area contributed by atoms with Gasteiger partial charge in [0, 0.05) is 13.1 Å². The number of nitrogens with zero attached hydrogens (tertiary/aromatic N) is 2. The SMILES string of the molecule is Cc1ccc(CN2C(=O)C(c3ccc(C)c(C)c3)=C(N3CCc4ccccc4C3)C2=O)cc1. The normalized spacial score (nSPS) is 16.0. The third-order valence-electron chi connectivity index (χ3n) is 6.85. The smallest absolute Gasteiger partial charge is 0.278 e. The number of amides is 2. The van der Waals surface area contributed by atoms with Crippen molar-refractivity contribution in [3.63, 3.8) is 0 Å². The highest BCUT2D eigenvalue weighted by molar-refractivity contribution is 6.35. The molecule has 2 aliphatic rings. The van der Waals surface area contributed by atoms with Crippen LogP contribution in [0.1, 0.15) is 38.9 Å². The average Bonchev–Trinajstić information content (AvgIpc) is 3.06. The van der Waals surface area contributed by atoms with E-state index < -0.39 is 0 Å². The van der Waals surface area contributed by atoms with Gasteiger partial charge in [0.15, 0.2) is 0 Å². The number of hydrogen-bond acceptors (Lipinski definition) is 3. The van der Waals surface area contributed by atoms with E-state index in [9.17, 15) is 9.59 Å². The van der Waals surface area contributed by atoms with E-state index in [2.05, 4.69) is 30.0 Å². The zero-order valence-electron chi connectivity index (χ0n) is 19.4. The molecule has 0 N–H and O–H groups in total. The summed E-state index contributed by atoms with van der Waals surface area (Å²) < 4.78 is 0. The predicted octanol–water partition coefficient (Wildman–Crippen LogP) is 4.95. The number of rotatable bonds is 4. The first-order valence-corrected chi connectivity index (χ1v) is 11.5. The van der Waals surface area contributed by atoms with E-state index in [-0.39, 0.29) is 18.4 Å². The van der Waals surface area contributed by atoms with E-state index >= 15 is 0 Å².